The summed E-state index contributed by atoms with van der Waals surface area (Å²) in [6, 6.07) is 13.5. The van der Waals surface area contributed by atoms with Crippen molar-refractivity contribution < 1.29 is 9.59 Å². The molecule has 170 valence electrons. The van der Waals surface area contributed by atoms with Crippen molar-refractivity contribution >= 4 is 29.1 Å². The first-order valence-corrected chi connectivity index (χ1v) is 11.5. The molecule has 0 aliphatic carbocycles. The fourth-order valence-electron chi connectivity index (χ4n) is 4.32. The lowest BCUT2D eigenvalue weighted by molar-refractivity contribution is -0.131. The summed E-state index contributed by atoms with van der Waals surface area (Å²) in [5, 5.41) is 5.78. The molecule has 32 heavy (non-hydrogen) atoms. The maximum atomic E-state index is 12.6. The van der Waals surface area contributed by atoms with E-state index in [1.165, 1.54) is 19.3 Å². The smallest absolute Gasteiger partial charge is 0.319 e. The lowest BCUT2D eigenvalue weighted by atomic mass is 10.1. The van der Waals surface area contributed by atoms with Crippen LogP contribution in [-0.2, 0) is 4.79 Å². The van der Waals surface area contributed by atoms with Gasteiger partial charge in [-0.1, -0.05) is 18.2 Å². The van der Waals surface area contributed by atoms with Gasteiger partial charge >= 0.3 is 6.03 Å². The average molecular weight is 437 g/mol. The van der Waals surface area contributed by atoms with Crippen LogP contribution in [0.15, 0.2) is 48.7 Å². The van der Waals surface area contributed by atoms with Crippen LogP contribution in [-0.4, -0.2) is 67.6 Å². The summed E-state index contributed by atoms with van der Waals surface area (Å²) < 4.78 is 0. The van der Waals surface area contributed by atoms with E-state index in [4.69, 9.17) is 0 Å². The van der Waals surface area contributed by atoms with Crippen molar-refractivity contribution in [3.05, 3.63) is 48.7 Å². The second-order valence-electron chi connectivity index (χ2n) is 8.25. The first kappa shape index (κ1) is 21.9. The topological polar surface area (TPSA) is 80.8 Å². The van der Waals surface area contributed by atoms with Gasteiger partial charge in [-0.05, 0) is 43.5 Å². The molecule has 0 spiro atoms. The Labute approximate surface area is 189 Å². The van der Waals surface area contributed by atoms with Crippen LogP contribution >= 0.6 is 0 Å². The third-order valence-electron chi connectivity index (χ3n) is 6.08. The molecule has 3 amide bonds. The molecular formula is C24H32N6O2. The van der Waals surface area contributed by atoms with E-state index in [1.807, 2.05) is 41.3 Å². The standard InChI is InChI=1S/C24H32N6O2/c31-23(30-18-16-29(17-19-30)22-10-4-5-12-25-22)11-13-26-24(32)27-20-8-2-3-9-21(20)28-14-6-1-7-15-28/h2-5,8-10,12H,1,6-7,11,13-19H2,(H2,26,27,32). The highest BCUT2D eigenvalue weighted by Gasteiger charge is 2.21. The van der Waals surface area contributed by atoms with Gasteiger partial charge in [0.05, 0.1) is 11.4 Å². The summed E-state index contributed by atoms with van der Waals surface area (Å²) in [4.78, 5) is 35.7. The van der Waals surface area contributed by atoms with E-state index in [9.17, 15) is 9.59 Å². The SMILES string of the molecule is O=C(NCCC(=O)N1CCN(c2ccccn2)CC1)Nc1ccccc1N1CCCCC1. The number of rotatable bonds is 6. The summed E-state index contributed by atoms with van der Waals surface area (Å²) in [6.07, 6.45) is 5.70. The zero-order valence-electron chi connectivity index (χ0n) is 18.5. The van der Waals surface area contributed by atoms with Crippen molar-refractivity contribution in [1.82, 2.24) is 15.2 Å². The number of hydrogen-bond donors (Lipinski definition) is 2. The van der Waals surface area contributed by atoms with E-state index in [2.05, 4.69) is 31.5 Å². The molecule has 2 saturated heterocycles. The predicted octanol–water partition coefficient (Wildman–Crippen LogP) is 2.93. The Morgan fingerprint density at radius 2 is 1.59 bits per heavy atom. The van der Waals surface area contributed by atoms with Crippen LogP contribution in [0, 0.1) is 0 Å². The molecule has 1 aromatic carbocycles. The number of amides is 3. The number of benzene rings is 1. The number of para-hydroxylation sites is 2. The van der Waals surface area contributed by atoms with Crippen molar-refractivity contribution in [2.24, 2.45) is 0 Å². The Hall–Kier alpha value is -3.29. The van der Waals surface area contributed by atoms with Crippen LogP contribution in [0.2, 0.25) is 0 Å². The molecule has 2 aliphatic rings. The third-order valence-corrected chi connectivity index (χ3v) is 6.08. The van der Waals surface area contributed by atoms with Crippen molar-refractivity contribution in [3.8, 4) is 0 Å². The molecule has 0 atom stereocenters. The van der Waals surface area contributed by atoms with Gasteiger partial charge < -0.3 is 25.3 Å². The molecule has 8 nitrogen and oxygen atoms in total. The van der Waals surface area contributed by atoms with Crippen molar-refractivity contribution in [2.45, 2.75) is 25.7 Å². The molecule has 0 radical (unpaired) electrons. The lowest BCUT2D eigenvalue weighted by Crippen LogP contribution is -2.49. The maximum absolute atomic E-state index is 12.6. The second-order valence-corrected chi connectivity index (χ2v) is 8.25. The van der Waals surface area contributed by atoms with Crippen molar-refractivity contribution in [1.29, 1.82) is 0 Å². The van der Waals surface area contributed by atoms with Gasteiger partial charge in [0.1, 0.15) is 5.82 Å². The zero-order valence-corrected chi connectivity index (χ0v) is 18.5. The summed E-state index contributed by atoms with van der Waals surface area (Å²) in [5.41, 5.74) is 1.87. The Kier molecular flexibility index (Phi) is 7.42. The normalized spacial score (nSPS) is 16.6. The Bertz CT molecular complexity index is 892. The molecule has 2 fully saturated rings. The maximum Gasteiger partial charge on any atom is 0.319 e. The molecular weight excluding hydrogens is 404 g/mol. The number of anilines is 3. The Balaban J connectivity index is 1.20. The van der Waals surface area contributed by atoms with Gasteiger partial charge in [0.25, 0.3) is 0 Å². The van der Waals surface area contributed by atoms with Crippen LogP contribution < -0.4 is 20.4 Å². The molecule has 0 unspecified atom stereocenters. The number of piperazine rings is 1. The highest BCUT2D eigenvalue weighted by Crippen LogP contribution is 2.28. The van der Waals surface area contributed by atoms with Gasteiger partial charge in [-0.15, -0.1) is 0 Å². The summed E-state index contributed by atoms with van der Waals surface area (Å²) in [7, 11) is 0. The fourth-order valence-corrected chi connectivity index (χ4v) is 4.32. The summed E-state index contributed by atoms with van der Waals surface area (Å²) in [6.45, 7) is 5.23. The number of aromatic nitrogens is 1. The van der Waals surface area contributed by atoms with E-state index in [-0.39, 0.29) is 11.9 Å². The zero-order chi connectivity index (χ0) is 22.2. The lowest BCUT2D eigenvalue weighted by Gasteiger charge is -2.35. The number of nitrogens with one attached hydrogen (secondary N) is 2. The molecule has 2 N–H and O–H groups in total. The van der Waals surface area contributed by atoms with Crippen molar-refractivity contribution in [2.75, 3.05) is 60.9 Å². The highest BCUT2D eigenvalue weighted by molar-refractivity contribution is 5.93. The molecule has 0 bridgehead atoms. The third kappa shape index (κ3) is 5.69. The minimum absolute atomic E-state index is 0.0692. The number of hydrogen-bond acceptors (Lipinski definition) is 5. The largest absolute Gasteiger partial charge is 0.370 e. The van der Waals surface area contributed by atoms with Gasteiger partial charge in [0, 0.05) is 58.4 Å². The van der Waals surface area contributed by atoms with Crippen LogP contribution in [0.1, 0.15) is 25.7 Å². The molecule has 1 aromatic heterocycles. The van der Waals surface area contributed by atoms with Gasteiger partial charge in [-0.25, -0.2) is 9.78 Å². The second kappa shape index (κ2) is 10.8. The number of nitrogens with zero attached hydrogens (tertiary/aromatic N) is 4. The molecule has 2 aliphatic heterocycles. The molecule has 2 aromatic rings. The van der Waals surface area contributed by atoms with Gasteiger partial charge in [0.2, 0.25) is 5.91 Å². The van der Waals surface area contributed by atoms with Crippen LogP contribution in [0.25, 0.3) is 0 Å². The minimum Gasteiger partial charge on any atom is -0.370 e. The first-order chi connectivity index (χ1) is 15.7. The molecule has 0 saturated carbocycles. The number of pyridine rings is 1. The van der Waals surface area contributed by atoms with E-state index in [0.717, 1.165) is 43.4 Å². The molecule has 8 heteroatoms. The molecule has 4 rings (SSSR count). The van der Waals surface area contributed by atoms with Crippen LogP contribution in [0.4, 0.5) is 22.0 Å². The van der Waals surface area contributed by atoms with Crippen LogP contribution in [0.3, 0.4) is 0 Å². The average Bonchev–Trinajstić information content (AvgIpc) is 2.85. The fraction of sp³-hybridized carbons (Fsp3) is 0.458. The number of carbonyl (C=O) groups excluding carboxylic acids is 2. The summed E-state index contributed by atoms with van der Waals surface area (Å²) >= 11 is 0. The van der Waals surface area contributed by atoms with E-state index in [1.54, 1.807) is 6.20 Å². The van der Waals surface area contributed by atoms with E-state index < -0.39 is 0 Å². The van der Waals surface area contributed by atoms with Gasteiger partial charge in [-0.2, -0.15) is 0 Å². The van der Waals surface area contributed by atoms with E-state index in [0.29, 0.717) is 26.1 Å². The predicted molar refractivity (Wildman–Crippen MR) is 127 cm³/mol. The molecule has 3 heterocycles. The van der Waals surface area contributed by atoms with Gasteiger partial charge in [0.15, 0.2) is 0 Å². The number of piperidine rings is 1. The minimum atomic E-state index is -0.276. The monoisotopic (exact) mass is 436 g/mol. The number of carbonyl (C=O) groups is 2. The van der Waals surface area contributed by atoms with Gasteiger partial charge in [-0.3, -0.25) is 4.79 Å². The first-order valence-electron chi connectivity index (χ1n) is 11.5. The Morgan fingerprint density at radius 3 is 2.34 bits per heavy atom. The number of urea groups is 1. The highest BCUT2D eigenvalue weighted by atomic mass is 16.2. The Morgan fingerprint density at radius 1 is 0.844 bits per heavy atom. The van der Waals surface area contributed by atoms with Crippen LogP contribution in [0.5, 0.6) is 0 Å². The van der Waals surface area contributed by atoms with Crippen molar-refractivity contribution in [3.63, 3.8) is 0 Å². The van der Waals surface area contributed by atoms with E-state index >= 15 is 0 Å². The quantitative estimate of drug-likeness (QED) is 0.728. The summed E-state index contributed by atoms with van der Waals surface area (Å²) in [5.74, 6) is 1.02.